The van der Waals surface area contributed by atoms with E-state index in [-0.39, 0.29) is 0 Å². The van der Waals surface area contributed by atoms with Crippen molar-refractivity contribution in [3.05, 3.63) is 34.9 Å². The van der Waals surface area contributed by atoms with E-state index in [2.05, 4.69) is 39.0 Å². The summed E-state index contributed by atoms with van der Waals surface area (Å²) in [5, 5.41) is 0. The van der Waals surface area contributed by atoms with Crippen LogP contribution < -0.4 is 0 Å². The van der Waals surface area contributed by atoms with Crippen molar-refractivity contribution in [3.63, 3.8) is 0 Å². The zero-order valence-corrected chi connectivity index (χ0v) is 8.15. The maximum Gasteiger partial charge on any atom is -0.00976 e. The van der Waals surface area contributed by atoms with Crippen molar-refractivity contribution in [2.45, 2.75) is 39.0 Å². The molecule has 0 saturated heterocycles. The van der Waals surface area contributed by atoms with Gasteiger partial charge in [-0.2, -0.15) is 0 Å². The van der Waals surface area contributed by atoms with Gasteiger partial charge in [-0.05, 0) is 41.9 Å². The molecular weight excluding hydrogens is 144 g/mol. The molecule has 2 rings (SSSR count). The Kier molecular flexibility index (Phi) is 1.54. The first-order chi connectivity index (χ1) is 5.61. The van der Waals surface area contributed by atoms with E-state index < -0.39 is 0 Å². The summed E-state index contributed by atoms with van der Waals surface area (Å²) in [6, 6.07) is 6.69. The molecule has 0 fully saturated rings. The predicted molar refractivity (Wildman–Crippen MR) is 52.5 cm³/mol. The van der Waals surface area contributed by atoms with Gasteiger partial charge in [0.15, 0.2) is 0 Å². The van der Waals surface area contributed by atoms with E-state index in [9.17, 15) is 0 Å². The highest BCUT2D eigenvalue weighted by atomic mass is 14.3. The molecule has 0 unspecified atom stereocenters. The van der Waals surface area contributed by atoms with Gasteiger partial charge >= 0.3 is 0 Å². The fourth-order valence-electron chi connectivity index (χ4n) is 2.24. The van der Waals surface area contributed by atoms with Crippen molar-refractivity contribution in [3.8, 4) is 0 Å². The summed E-state index contributed by atoms with van der Waals surface area (Å²) in [7, 11) is 0. The Morgan fingerprint density at radius 1 is 1.25 bits per heavy atom. The molecule has 0 heteroatoms. The normalized spacial score (nSPS) is 19.2. The molecule has 0 nitrogen and oxygen atoms in total. The Balaban J connectivity index is 2.61. The van der Waals surface area contributed by atoms with E-state index in [1.54, 1.807) is 11.1 Å². The molecule has 0 bridgehead atoms. The van der Waals surface area contributed by atoms with Crippen LogP contribution in [0.2, 0.25) is 0 Å². The molecule has 1 aromatic carbocycles. The minimum Gasteiger partial charge on any atom is -0.0617 e. The number of aryl methyl sites for hydroxylation is 1. The molecule has 1 aliphatic carbocycles. The van der Waals surface area contributed by atoms with Crippen molar-refractivity contribution >= 4 is 0 Å². The van der Waals surface area contributed by atoms with Gasteiger partial charge in [0, 0.05) is 0 Å². The third-order valence-corrected chi connectivity index (χ3v) is 3.14. The summed E-state index contributed by atoms with van der Waals surface area (Å²) in [5.41, 5.74) is 5.06. The van der Waals surface area contributed by atoms with Crippen LogP contribution in [0.25, 0.3) is 0 Å². The summed E-state index contributed by atoms with van der Waals surface area (Å²) < 4.78 is 0. The molecule has 0 amide bonds. The van der Waals surface area contributed by atoms with E-state index in [0.29, 0.717) is 5.41 Å². The van der Waals surface area contributed by atoms with Crippen LogP contribution in [0.15, 0.2) is 18.2 Å². The fraction of sp³-hybridized carbons (Fsp3) is 0.500. The molecule has 0 radical (unpaired) electrons. The number of rotatable bonds is 0. The average molecular weight is 160 g/mol. The second-order valence-electron chi connectivity index (χ2n) is 4.48. The highest BCUT2D eigenvalue weighted by Gasteiger charge is 2.29. The number of benzene rings is 1. The fourth-order valence-corrected chi connectivity index (χ4v) is 2.24. The molecule has 0 heterocycles. The van der Waals surface area contributed by atoms with Gasteiger partial charge in [-0.15, -0.1) is 0 Å². The topological polar surface area (TPSA) is 0 Å². The van der Waals surface area contributed by atoms with Gasteiger partial charge in [-0.25, -0.2) is 0 Å². The molecule has 12 heavy (non-hydrogen) atoms. The van der Waals surface area contributed by atoms with Crippen LogP contribution >= 0.6 is 0 Å². The molecule has 1 aromatic rings. The monoisotopic (exact) mass is 160 g/mol. The summed E-state index contributed by atoms with van der Waals surface area (Å²) in [5.74, 6) is 0. The van der Waals surface area contributed by atoms with E-state index in [4.69, 9.17) is 0 Å². The lowest BCUT2D eigenvalue weighted by molar-refractivity contribution is 0.522. The minimum atomic E-state index is 0.418. The van der Waals surface area contributed by atoms with E-state index >= 15 is 0 Å². The Labute approximate surface area is 74.6 Å². The highest BCUT2D eigenvalue weighted by molar-refractivity contribution is 5.42. The van der Waals surface area contributed by atoms with Crippen molar-refractivity contribution in [2.75, 3.05) is 0 Å². The van der Waals surface area contributed by atoms with Gasteiger partial charge in [0.05, 0.1) is 0 Å². The van der Waals surface area contributed by atoms with E-state index in [1.807, 2.05) is 0 Å². The summed E-state index contributed by atoms with van der Waals surface area (Å²) in [4.78, 5) is 0. The molecule has 64 valence electrons. The first kappa shape index (κ1) is 7.85. The van der Waals surface area contributed by atoms with Gasteiger partial charge in [-0.1, -0.05) is 32.0 Å². The smallest absolute Gasteiger partial charge is 0.00976 e. The third kappa shape index (κ3) is 0.979. The number of hydrogen-bond donors (Lipinski definition) is 0. The lowest BCUT2D eigenvalue weighted by Gasteiger charge is -2.18. The molecule has 0 spiro atoms. The van der Waals surface area contributed by atoms with Gasteiger partial charge < -0.3 is 0 Å². The summed E-state index contributed by atoms with van der Waals surface area (Å²) in [6.07, 6.45) is 2.59. The Morgan fingerprint density at radius 3 is 2.67 bits per heavy atom. The van der Waals surface area contributed by atoms with Crippen LogP contribution in [-0.4, -0.2) is 0 Å². The van der Waals surface area contributed by atoms with Crippen LogP contribution in [-0.2, 0) is 11.8 Å². The van der Waals surface area contributed by atoms with Crippen LogP contribution in [0.1, 0.15) is 37.0 Å². The Hall–Kier alpha value is -0.780. The second kappa shape index (κ2) is 2.35. The average Bonchev–Trinajstić information content (AvgIpc) is 2.30. The summed E-state index contributed by atoms with van der Waals surface area (Å²) >= 11 is 0. The molecule has 0 atom stereocenters. The molecule has 0 saturated carbocycles. The predicted octanol–water partition coefficient (Wildman–Crippen LogP) is 3.22. The molecule has 0 aliphatic heterocycles. The maximum atomic E-state index is 2.35. The number of hydrogen-bond acceptors (Lipinski definition) is 0. The quantitative estimate of drug-likeness (QED) is 0.546. The largest absolute Gasteiger partial charge is 0.0617 e. The van der Waals surface area contributed by atoms with Crippen LogP contribution in [0.5, 0.6) is 0 Å². The molecule has 1 aliphatic rings. The first-order valence-corrected chi connectivity index (χ1v) is 4.70. The van der Waals surface area contributed by atoms with Crippen LogP contribution in [0.3, 0.4) is 0 Å². The maximum absolute atomic E-state index is 2.35. The van der Waals surface area contributed by atoms with Gasteiger partial charge in [0.2, 0.25) is 0 Å². The van der Waals surface area contributed by atoms with Gasteiger partial charge in [0.25, 0.3) is 0 Å². The van der Waals surface area contributed by atoms with Crippen molar-refractivity contribution in [1.29, 1.82) is 0 Å². The van der Waals surface area contributed by atoms with Gasteiger partial charge in [0.1, 0.15) is 0 Å². The van der Waals surface area contributed by atoms with E-state index in [1.165, 1.54) is 18.4 Å². The molecule has 0 aromatic heterocycles. The highest BCUT2D eigenvalue weighted by Crippen LogP contribution is 2.39. The standard InChI is InChI=1S/C12H16/c1-9-5-4-6-11-10(9)7-8-12(11,2)3/h4-6H,7-8H2,1-3H3. The van der Waals surface area contributed by atoms with Crippen LogP contribution in [0.4, 0.5) is 0 Å². The lowest BCUT2D eigenvalue weighted by atomic mass is 9.86. The third-order valence-electron chi connectivity index (χ3n) is 3.14. The summed E-state index contributed by atoms with van der Waals surface area (Å²) in [6.45, 7) is 6.91. The SMILES string of the molecule is Cc1cccc2c1CCC2(C)C. The van der Waals surface area contributed by atoms with E-state index in [0.717, 1.165) is 0 Å². The first-order valence-electron chi connectivity index (χ1n) is 4.70. The number of fused-ring (bicyclic) bond motifs is 1. The van der Waals surface area contributed by atoms with Crippen molar-refractivity contribution in [2.24, 2.45) is 0 Å². The second-order valence-corrected chi connectivity index (χ2v) is 4.48. The van der Waals surface area contributed by atoms with Crippen molar-refractivity contribution in [1.82, 2.24) is 0 Å². The lowest BCUT2D eigenvalue weighted by Crippen LogP contribution is -2.11. The molecule has 0 N–H and O–H groups in total. The Morgan fingerprint density at radius 2 is 2.00 bits per heavy atom. The zero-order chi connectivity index (χ0) is 8.77. The Bertz CT molecular complexity index is 308. The van der Waals surface area contributed by atoms with Gasteiger partial charge in [-0.3, -0.25) is 0 Å². The minimum absolute atomic E-state index is 0.418. The zero-order valence-electron chi connectivity index (χ0n) is 8.15. The molecular formula is C12H16. The van der Waals surface area contributed by atoms with Crippen LogP contribution in [0, 0.1) is 6.92 Å². The van der Waals surface area contributed by atoms with Crippen molar-refractivity contribution < 1.29 is 0 Å².